The molecule has 2 rings (SSSR count). The fraction of sp³-hybridized carbons (Fsp3) is 0.750. The molecule has 4 heteroatoms. The average Bonchev–Trinajstić information content (AvgIpc) is 2.45. The van der Waals surface area contributed by atoms with E-state index in [0.717, 1.165) is 5.57 Å². The van der Waals surface area contributed by atoms with Gasteiger partial charge in [-0.25, -0.2) is 0 Å². The molecule has 2 aliphatic rings. The van der Waals surface area contributed by atoms with Crippen LogP contribution in [0, 0.1) is 0 Å². The van der Waals surface area contributed by atoms with Crippen molar-refractivity contribution >= 4 is 0 Å². The first-order chi connectivity index (χ1) is 5.81. The highest BCUT2D eigenvalue weighted by Gasteiger charge is 2.37. The molecular weight excluding hydrogens is 160 g/mol. The summed E-state index contributed by atoms with van der Waals surface area (Å²) in [5.74, 6) is 0. The summed E-state index contributed by atoms with van der Waals surface area (Å²) in [5.41, 5.74) is 0.858. The molecule has 2 heterocycles. The van der Waals surface area contributed by atoms with Gasteiger partial charge in [0.05, 0.1) is 13.2 Å². The number of rotatable bonds is 2. The van der Waals surface area contributed by atoms with Crippen LogP contribution in [0.15, 0.2) is 11.6 Å². The predicted molar refractivity (Wildman–Crippen MR) is 40.6 cm³/mol. The highest BCUT2D eigenvalue weighted by atomic mass is 16.7. The fourth-order valence-electron chi connectivity index (χ4n) is 1.51. The molecule has 1 saturated heterocycles. The number of hydrogen-bond acceptors (Lipinski definition) is 4. The van der Waals surface area contributed by atoms with Gasteiger partial charge < -0.3 is 19.3 Å². The minimum Gasteiger partial charge on any atom is -0.383 e. The van der Waals surface area contributed by atoms with E-state index < -0.39 is 12.4 Å². The molecule has 0 aromatic heterocycles. The number of methoxy groups -OCH3 is 1. The van der Waals surface area contributed by atoms with Gasteiger partial charge in [0, 0.05) is 7.11 Å². The van der Waals surface area contributed by atoms with E-state index in [4.69, 9.17) is 14.2 Å². The van der Waals surface area contributed by atoms with Crippen LogP contribution in [0.25, 0.3) is 0 Å². The summed E-state index contributed by atoms with van der Waals surface area (Å²) in [6.45, 7) is 0.982. The second-order valence-corrected chi connectivity index (χ2v) is 3.00. The molecule has 2 bridgehead atoms. The lowest BCUT2D eigenvalue weighted by Gasteiger charge is -2.24. The molecule has 68 valence electrons. The molecule has 0 spiro atoms. The lowest BCUT2D eigenvalue weighted by Crippen LogP contribution is -2.34. The van der Waals surface area contributed by atoms with Gasteiger partial charge in [-0.05, 0) is 11.6 Å². The molecule has 0 aromatic rings. The van der Waals surface area contributed by atoms with Crippen LogP contribution in [0.4, 0.5) is 0 Å². The summed E-state index contributed by atoms with van der Waals surface area (Å²) >= 11 is 0. The maximum absolute atomic E-state index is 9.59. The van der Waals surface area contributed by atoms with E-state index in [1.807, 2.05) is 6.08 Å². The molecule has 1 fully saturated rings. The predicted octanol–water partition coefficient (Wildman–Crippen LogP) is -0.325. The summed E-state index contributed by atoms with van der Waals surface area (Å²) in [6.07, 6.45) is 0.731. The smallest absolute Gasteiger partial charge is 0.188 e. The first-order valence-corrected chi connectivity index (χ1v) is 3.96. The van der Waals surface area contributed by atoms with E-state index in [9.17, 15) is 5.11 Å². The lowest BCUT2D eigenvalue weighted by molar-refractivity contribution is -0.122. The SMILES string of the molecule is COCC1=CC2COC(O2)C1O. The third kappa shape index (κ3) is 1.27. The molecule has 0 amide bonds. The molecule has 2 aliphatic heterocycles. The fourth-order valence-corrected chi connectivity index (χ4v) is 1.51. The average molecular weight is 172 g/mol. The molecule has 12 heavy (non-hydrogen) atoms. The van der Waals surface area contributed by atoms with Crippen LogP contribution in [0.5, 0.6) is 0 Å². The maximum Gasteiger partial charge on any atom is 0.188 e. The lowest BCUT2D eigenvalue weighted by atomic mass is 10.1. The van der Waals surface area contributed by atoms with Crippen LogP contribution < -0.4 is 0 Å². The Morgan fingerprint density at radius 1 is 1.75 bits per heavy atom. The van der Waals surface area contributed by atoms with Crippen molar-refractivity contribution in [3.05, 3.63) is 11.6 Å². The molecule has 3 atom stereocenters. The Balaban J connectivity index is 2.11. The monoisotopic (exact) mass is 172 g/mol. The van der Waals surface area contributed by atoms with Crippen LogP contribution in [-0.2, 0) is 14.2 Å². The Labute approximate surface area is 70.7 Å². The Morgan fingerprint density at radius 2 is 2.58 bits per heavy atom. The van der Waals surface area contributed by atoms with E-state index in [1.165, 1.54) is 0 Å². The summed E-state index contributed by atoms with van der Waals surface area (Å²) in [4.78, 5) is 0. The topological polar surface area (TPSA) is 47.9 Å². The molecule has 3 unspecified atom stereocenters. The van der Waals surface area contributed by atoms with E-state index in [1.54, 1.807) is 7.11 Å². The third-order valence-electron chi connectivity index (χ3n) is 2.08. The largest absolute Gasteiger partial charge is 0.383 e. The number of ether oxygens (including phenoxy) is 3. The van der Waals surface area contributed by atoms with Crippen LogP contribution >= 0.6 is 0 Å². The Morgan fingerprint density at radius 3 is 3.33 bits per heavy atom. The number of aliphatic hydroxyl groups is 1. The van der Waals surface area contributed by atoms with Gasteiger partial charge in [0.25, 0.3) is 0 Å². The van der Waals surface area contributed by atoms with Crippen LogP contribution in [0.2, 0.25) is 0 Å². The minimum atomic E-state index is -0.663. The van der Waals surface area contributed by atoms with Gasteiger partial charge in [-0.1, -0.05) is 0 Å². The van der Waals surface area contributed by atoms with E-state index >= 15 is 0 Å². The van der Waals surface area contributed by atoms with Crippen molar-refractivity contribution in [1.29, 1.82) is 0 Å². The summed E-state index contributed by atoms with van der Waals surface area (Å²) in [6, 6.07) is 0. The Hall–Kier alpha value is -0.420. The summed E-state index contributed by atoms with van der Waals surface area (Å²) < 4.78 is 15.4. The second-order valence-electron chi connectivity index (χ2n) is 3.00. The first kappa shape index (κ1) is 8.19. The van der Waals surface area contributed by atoms with Gasteiger partial charge in [0.2, 0.25) is 0 Å². The van der Waals surface area contributed by atoms with Crippen molar-refractivity contribution in [3.63, 3.8) is 0 Å². The maximum atomic E-state index is 9.59. The van der Waals surface area contributed by atoms with Crippen molar-refractivity contribution in [1.82, 2.24) is 0 Å². The van der Waals surface area contributed by atoms with Gasteiger partial charge in [0.15, 0.2) is 6.29 Å². The quantitative estimate of drug-likeness (QED) is 0.580. The van der Waals surface area contributed by atoms with E-state index in [2.05, 4.69) is 0 Å². The van der Waals surface area contributed by atoms with Gasteiger partial charge in [-0.15, -0.1) is 0 Å². The van der Waals surface area contributed by atoms with Gasteiger partial charge in [-0.3, -0.25) is 0 Å². The Bertz CT molecular complexity index is 201. The third-order valence-corrected chi connectivity index (χ3v) is 2.08. The van der Waals surface area contributed by atoms with Crippen LogP contribution in [0.1, 0.15) is 0 Å². The molecule has 0 saturated carbocycles. The minimum absolute atomic E-state index is 0.00329. The molecule has 1 N–H and O–H groups in total. The highest BCUT2D eigenvalue weighted by Crippen LogP contribution is 2.26. The van der Waals surface area contributed by atoms with Crippen molar-refractivity contribution in [3.8, 4) is 0 Å². The zero-order valence-corrected chi connectivity index (χ0v) is 6.90. The zero-order valence-electron chi connectivity index (χ0n) is 6.90. The van der Waals surface area contributed by atoms with Crippen molar-refractivity contribution < 1.29 is 19.3 Å². The summed E-state index contributed by atoms with van der Waals surface area (Å²) in [5, 5.41) is 9.59. The van der Waals surface area contributed by atoms with Crippen molar-refractivity contribution in [2.24, 2.45) is 0 Å². The van der Waals surface area contributed by atoms with E-state index in [-0.39, 0.29) is 6.10 Å². The summed E-state index contributed by atoms with van der Waals surface area (Å²) in [7, 11) is 1.60. The van der Waals surface area contributed by atoms with Crippen molar-refractivity contribution in [2.75, 3.05) is 20.3 Å². The Kier molecular flexibility index (Phi) is 2.14. The first-order valence-electron chi connectivity index (χ1n) is 3.96. The van der Waals surface area contributed by atoms with Gasteiger partial charge in [0.1, 0.15) is 12.2 Å². The highest BCUT2D eigenvalue weighted by molar-refractivity contribution is 5.17. The van der Waals surface area contributed by atoms with Crippen LogP contribution in [-0.4, -0.2) is 43.9 Å². The van der Waals surface area contributed by atoms with Gasteiger partial charge >= 0.3 is 0 Å². The molecule has 0 aromatic carbocycles. The van der Waals surface area contributed by atoms with Crippen LogP contribution in [0.3, 0.4) is 0 Å². The molecule has 0 radical (unpaired) electrons. The molecule has 4 nitrogen and oxygen atoms in total. The number of fused-ring (bicyclic) bond motifs is 2. The second kappa shape index (κ2) is 3.14. The molecular formula is C8H12O4. The van der Waals surface area contributed by atoms with E-state index in [0.29, 0.717) is 13.2 Å². The van der Waals surface area contributed by atoms with Crippen molar-refractivity contribution in [2.45, 2.75) is 18.5 Å². The zero-order chi connectivity index (χ0) is 8.55. The number of hydrogen-bond donors (Lipinski definition) is 1. The normalized spacial score (nSPS) is 39.8. The standard InChI is InChI=1S/C8H12O4/c1-10-3-5-2-6-4-11-8(12-6)7(5)9/h2,6-9H,3-4H2,1H3. The molecule has 0 aliphatic carbocycles. The van der Waals surface area contributed by atoms with Gasteiger partial charge in [-0.2, -0.15) is 0 Å². The number of aliphatic hydroxyl groups excluding tert-OH is 1.